The number of hydrogen-bond acceptors (Lipinski definition) is 7. The van der Waals surface area contributed by atoms with Gasteiger partial charge < -0.3 is 19.6 Å². The number of nitrogens with one attached hydrogen (secondary N) is 1. The smallest absolute Gasteiger partial charge is 0.349 e. The van der Waals surface area contributed by atoms with Crippen LogP contribution in [0.15, 0.2) is 63.1 Å². The van der Waals surface area contributed by atoms with Gasteiger partial charge in [-0.3, -0.25) is 0 Å². The van der Waals surface area contributed by atoms with E-state index in [0.717, 1.165) is 11.4 Å². The maximum Gasteiger partial charge on any atom is 0.349 e. The fourth-order valence-electron chi connectivity index (χ4n) is 2.60. The van der Waals surface area contributed by atoms with Gasteiger partial charge in [-0.05, 0) is 36.4 Å². The Morgan fingerprint density at radius 1 is 1.15 bits per heavy atom. The third-order valence-corrected chi connectivity index (χ3v) is 4.65. The zero-order chi connectivity index (χ0) is 18.1. The van der Waals surface area contributed by atoms with Crippen molar-refractivity contribution < 1.29 is 14.3 Å². The van der Waals surface area contributed by atoms with Crippen LogP contribution in [0.1, 0.15) is 0 Å². The molecule has 2 heterocycles. The van der Waals surface area contributed by atoms with E-state index in [1.54, 1.807) is 36.8 Å². The molecule has 7 heteroatoms. The lowest BCUT2D eigenvalue weighted by Crippen LogP contribution is -2.04. The van der Waals surface area contributed by atoms with Gasteiger partial charge in [0.2, 0.25) is 0 Å². The third-order valence-electron chi connectivity index (χ3n) is 3.89. The van der Waals surface area contributed by atoms with Crippen molar-refractivity contribution in [3.63, 3.8) is 0 Å². The minimum absolute atomic E-state index is 0.0581. The molecule has 2 aromatic carbocycles. The first kappa shape index (κ1) is 16.2. The summed E-state index contributed by atoms with van der Waals surface area (Å²) in [5, 5.41) is 16.4. The molecule has 0 aliphatic rings. The predicted molar refractivity (Wildman–Crippen MR) is 102 cm³/mol. The van der Waals surface area contributed by atoms with Crippen LogP contribution in [0.4, 0.5) is 10.8 Å². The summed E-state index contributed by atoms with van der Waals surface area (Å²) in [7, 11) is 1.61. The van der Waals surface area contributed by atoms with E-state index < -0.39 is 5.63 Å². The Morgan fingerprint density at radius 3 is 2.69 bits per heavy atom. The first-order chi connectivity index (χ1) is 12.7. The second kappa shape index (κ2) is 6.53. The van der Waals surface area contributed by atoms with E-state index in [9.17, 15) is 9.90 Å². The lowest BCUT2D eigenvalue weighted by molar-refractivity contribution is 0.415. The van der Waals surface area contributed by atoms with Crippen molar-refractivity contribution in [3.8, 4) is 22.8 Å². The quantitative estimate of drug-likeness (QED) is 0.522. The van der Waals surface area contributed by atoms with E-state index >= 15 is 0 Å². The number of aromatic hydroxyl groups is 1. The summed E-state index contributed by atoms with van der Waals surface area (Å²) in [6.07, 6.45) is 0. The molecule has 0 bridgehead atoms. The molecule has 0 unspecified atom stereocenters. The van der Waals surface area contributed by atoms with Gasteiger partial charge in [0.05, 0.1) is 18.2 Å². The monoisotopic (exact) mass is 366 g/mol. The number of methoxy groups -OCH3 is 1. The third kappa shape index (κ3) is 2.89. The Hall–Kier alpha value is -3.32. The lowest BCUT2D eigenvalue weighted by atomic mass is 10.1. The van der Waals surface area contributed by atoms with Gasteiger partial charge in [-0.25, -0.2) is 9.78 Å². The van der Waals surface area contributed by atoms with E-state index in [0.29, 0.717) is 21.8 Å². The van der Waals surface area contributed by atoms with Gasteiger partial charge in [0.25, 0.3) is 0 Å². The van der Waals surface area contributed by atoms with Crippen LogP contribution in [0, 0.1) is 0 Å². The highest BCUT2D eigenvalue weighted by molar-refractivity contribution is 7.14. The Morgan fingerprint density at radius 2 is 1.92 bits per heavy atom. The van der Waals surface area contributed by atoms with Gasteiger partial charge in [-0.2, -0.15) is 0 Å². The van der Waals surface area contributed by atoms with Crippen LogP contribution < -0.4 is 15.7 Å². The number of hydrogen-bond donors (Lipinski definition) is 2. The molecule has 0 saturated carbocycles. The molecule has 0 spiro atoms. The van der Waals surface area contributed by atoms with Gasteiger partial charge in [-0.15, -0.1) is 11.3 Å². The molecule has 0 atom stereocenters. The molecule has 0 saturated heterocycles. The number of thiazole rings is 1. The van der Waals surface area contributed by atoms with Crippen molar-refractivity contribution in [1.82, 2.24) is 4.98 Å². The summed E-state index contributed by atoms with van der Waals surface area (Å²) in [6.45, 7) is 0. The van der Waals surface area contributed by atoms with Crippen molar-refractivity contribution in [2.45, 2.75) is 0 Å². The van der Waals surface area contributed by atoms with E-state index in [1.165, 1.54) is 11.3 Å². The second-order valence-electron chi connectivity index (χ2n) is 5.50. The van der Waals surface area contributed by atoms with Crippen LogP contribution in [0.3, 0.4) is 0 Å². The van der Waals surface area contributed by atoms with Crippen LogP contribution in [-0.2, 0) is 0 Å². The lowest BCUT2D eigenvalue weighted by Gasteiger charge is -2.05. The van der Waals surface area contributed by atoms with Crippen LogP contribution >= 0.6 is 11.3 Å². The molecule has 2 aromatic heterocycles. The first-order valence-electron chi connectivity index (χ1n) is 7.77. The summed E-state index contributed by atoms with van der Waals surface area (Å²) in [4.78, 5) is 16.7. The van der Waals surface area contributed by atoms with E-state index in [-0.39, 0.29) is 11.3 Å². The van der Waals surface area contributed by atoms with Gasteiger partial charge in [0.15, 0.2) is 5.13 Å². The standard InChI is InChI=1S/C19H14N2O4S/c1-24-12-8-6-11(7-9-12)20-19-21-14(10-26-19)16-17(22)13-4-2-3-5-15(13)25-18(16)23/h2-10,22H,1H3,(H,20,21). The molecule has 0 fully saturated rings. The fourth-order valence-corrected chi connectivity index (χ4v) is 3.32. The highest BCUT2D eigenvalue weighted by Gasteiger charge is 2.18. The Kier molecular flexibility index (Phi) is 4.06. The zero-order valence-corrected chi connectivity index (χ0v) is 14.5. The topological polar surface area (TPSA) is 84.6 Å². The Bertz CT molecular complexity index is 1130. The van der Waals surface area contributed by atoms with Gasteiger partial charge in [-0.1, -0.05) is 12.1 Å². The molecular weight excluding hydrogens is 352 g/mol. The van der Waals surface area contributed by atoms with E-state index in [2.05, 4.69) is 10.3 Å². The highest BCUT2D eigenvalue weighted by atomic mass is 32.1. The molecule has 26 heavy (non-hydrogen) atoms. The number of nitrogens with zero attached hydrogens (tertiary/aromatic N) is 1. The van der Waals surface area contributed by atoms with Crippen LogP contribution in [0.25, 0.3) is 22.2 Å². The Labute approximate surface area is 152 Å². The highest BCUT2D eigenvalue weighted by Crippen LogP contribution is 2.34. The van der Waals surface area contributed by atoms with Crippen molar-refractivity contribution >= 4 is 33.1 Å². The van der Waals surface area contributed by atoms with Crippen LogP contribution in [0.5, 0.6) is 11.5 Å². The van der Waals surface area contributed by atoms with E-state index in [4.69, 9.17) is 9.15 Å². The normalized spacial score (nSPS) is 10.8. The molecule has 0 aliphatic heterocycles. The zero-order valence-electron chi connectivity index (χ0n) is 13.7. The van der Waals surface area contributed by atoms with Crippen LogP contribution in [0.2, 0.25) is 0 Å². The number of para-hydroxylation sites is 1. The molecule has 0 radical (unpaired) electrons. The SMILES string of the molecule is COc1ccc(Nc2nc(-c3c(O)c4ccccc4oc3=O)cs2)cc1. The minimum Gasteiger partial charge on any atom is -0.506 e. The predicted octanol–water partition coefficient (Wildman–Crippen LogP) is 4.37. The molecule has 4 aromatic rings. The minimum atomic E-state index is -0.623. The summed E-state index contributed by atoms with van der Waals surface area (Å²) in [5.74, 6) is 0.632. The van der Waals surface area contributed by atoms with E-state index in [1.807, 2.05) is 24.3 Å². The maximum absolute atomic E-state index is 12.3. The molecule has 6 nitrogen and oxygen atoms in total. The van der Waals surface area contributed by atoms with Gasteiger partial charge in [0.1, 0.15) is 22.6 Å². The molecule has 130 valence electrons. The largest absolute Gasteiger partial charge is 0.506 e. The fraction of sp³-hybridized carbons (Fsp3) is 0.0526. The average Bonchev–Trinajstić information content (AvgIpc) is 3.10. The van der Waals surface area contributed by atoms with Crippen molar-refractivity contribution in [2.75, 3.05) is 12.4 Å². The van der Waals surface area contributed by atoms with Crippen molar-refractivity contribution in [1.29, 1.82) is 0 Å². The average molecular weight is 366 g/mol. The first-order valence-corrected chi connectivity index (χ1v) is 8.65. The maximum atomic E-state index is 12.3. The molecule has 4 rings (SSSR count). The molecular formula is C19H14N2O4S. The number of anilines is 2. The number of aromatic nitrogens is 1. The molecule has 0 aliphatic carbocycles. The van der Waals surface area contributed by atoms with Crippen molar-refractivity contribution in [3.05, 3.63) is 64.3 Å². The molecule has 2 N–H and O–H groups in total. The van der Waals surface area contributed by atoms with Gasteiger partial charge in [0, 0.05) is 11.1 Å². The summed E-state index contributed by atoms with van der Waals surface area (Å²) >= 11 is 1.33. The van der Waals surface area contributed by atoms with Crippen molar-refractivity contribution in [2.24, 2.45) is 0 Å². The Balaban J connectivity index is 1.69. The summed E-state index contributed by atoms with van der Waals surface area (Å²) in [6, 6.07) is 14.2. The number of benzene rings is 2. The van der Waals surface area contributed by atoms with Gasteiger partial charge >= 0.3 is 5.63 Å². The molecule has 0 amide bonds. The summed E-state index contributed by atoms with van der Waals surface area (Å²) < 4.78 is 10.4. The second-order valence-corrected chi connectivity index (χ2v) is 6.36. The summed E-state index contributed by atoms with van der Waals surface area (Å²) in [5.41, 5.74) is 0.972. The number of rotatable bonds is 4. The van der Waals surface area contributed by atoms with Crippen LogP contribution in [-0.4, -0.2) is 17.2 Å². The number of ether oxygens (including phenoxy) is 1. The number of fused-ring (bicyclic) bond motifs is 1.